The van der Waals surface area contributed by atoms with E-state index in [1.54, 1.807) is 0 Å². The molecule has 16 heavy (non-hydrogen) atoms. The van der Waals surface area contributed by atoms with E-state index in [1.165, 1.54) is 6.42 Å². The van der Waals surface area contributed by atoms with Crippen molar-refractivity contribution in [3.63, 3.8) is 0 Å². The van der Waals surface area contributed by atoms with Gasteiger partial charge in [-0.1, -0.05) is 27.7 Å². The number of esters is 1. The molecule has 3 unspecified atom stereocenters. The normalized spacial score (nSPS) is 27.9. The first-order valence-electron chi connectivity index (χ1n) is 6.48. The van der Waals surface area contributed by atoms with Crippen molar-refractivity contribution >= 4 is 5.97 Å². The van der Waals surface area contributed by atoms with Crippen LogP contribution >= 0.6 is 0 Å². The van der Waals surface area contributed by atoms with E-state index < -0.39 is 0 Å². The van der Waals surface area contributed by atoms with E-state index in [0.29, 0.717) is 11.3 Å². The number of carbonyl (C=O) groups excluding carboxylic acids is 1. The summed E-state index contributed by atoms with van der Waals surface area (Å²) < 4.78 is 5.17. The molecule has 0 bridgehead atoms. The summed E-state index contributed by atoms with van der Waals surface area (Å²) in [5, 5.41) is 0. The standard InChI is InChI=1S/C14H26O2/c1-10(9-14(3,4)5)6-7-12-8-11(2)16-13(12)15/h10-12H,6-9H2,1-5H3. The second-order valence-electron chi connectivity index (χ2n) is 6.63. The monoisotopic (exact) mass is 226 g/mol. The lowest BCUT2D eigenvalue weighted by Crippen LogP contribution is -2.14. The maximum absolute atomic E-state index is 11.5. The lowest BCUT2D eigenvalue weighted by Gasteiger charge is -2.23. The SMILES string of the molecule is CC(CCC1CC(C)OC1=O)CC(C)(C)C. The van der Waals surface area contributed by atoms with Gasteiger partial charge in [-0.25, -0.2) is 0 Å². The lowest BCUT2D eigenvalue weighted by atomic mass is 9.82. The minimum Gasteiger partial charge on any atom is -0.462 e. The Hall–Kier alpha value is -0.530. The summed E-state index contributed by atoms with van der Waals surface area (Å²) in [4.78, 5) is 11.5. The molecule has 2 nitrogen and oxygen atoms in total. The molecule has 0 spiro atoms. The molecule has 1 aliphatic rings. The van der Waals surface area contributed by atoms with Crippen LogP contribution < -0.4 is 0 Å². The third-order valence-electron chi connectivity index (χ3n) is 3.24. The third-order valence-corrected chi connectivity index (χ3v) is 3.24. The van der Waals surface area contributed by atoms with Crippen LogP contribution in [0.2, 0.25) is 0 Å². The van der Waals surface area contributed by atoms with E-state index in [0.717, 1.165) is 19.3 Å². The van der Waals surface area contributed by atoms with Crippen molar-refractivity contribution in [3.8, 4) is 0 Å². The molecule has 1 rings (SSSR count). The fraction of sp³-hybridized carbons (Fsp3) is 0.929. The highest BCUT2D eigenvalue weighted by Crippen LogP contribution is 2.31. The van der Waals surface area contributed by atoms with E-state index in [-0.39, 0.29) is 18.0 Å². The third kappa shape index (κ3) is 4.54. The summed E-state index contributed by atoms with van der Waals surface area (Å²) in [5.74, 6) is 0.886. The maximum Gasteiger partial charge on any atom is 0.309 e. The summed E-state index contributed by atoms with van der Waals surface area (Å²) in [6, 6.07) is 0. The molecular weight excluding hydrogens is 200 g/mol. The number of hydrogen-bond acceptors (Lipinski definition) is 2. The Kier molecular flexibility index (Phi) is 4.40. The van der Waals surface area contributed by atoms with Crippen molar-refractivity contribution < 1.29 is 9.53 Å². The van der Waals surface area contributed by atoms with E-state index in [1.807, 2.05) is 6.92 Å². The van der Waals surface area contributed by atoms with Gasteiger partial charge >= 0.3 is 5.97 Å². The molecule has 0 amide bonds. The van der Waals surface area contributed by atoms with Gasteiger partial charge in [-0.3, -0.25) is 4.79 Å². The first-order chi connectivity index (χ1) is 7.28. The fourth-order valence-electron chi connectivity index (χ4n) is 2.71. The molecule has 2 heteroatoms. The Morgan fingerprint density at radius 1 is 1.44 bits per heavy atom. The molecule has 1 heterocycles. The van der Waals surface area contributed by atoms with Gasteiger partial charge in [0.05, 0.1) is 12.0 Å². The minimum atomic E-state index is 0.0236. The number of cyclic esters (lactones) is 1. The van der Waals surface area contributed by atoms with Gasteiger partial charge in [-0.05, 0) is 43.9 Å². The zero-order valence-corrected chi connectivity index (χ0v) is 11.4. The lowest BCUT2D eigenvalue weighted by molar-refractivity contribution is -0.144. The molecule has 1 saturated heterocycles. The van der Waals surface area contributed by atoms with Gasteiger partial charge in [0.25, 0.3) is 0 Å². The molecule has 0 aromatic rings. The molecule has 1 aliphatic heterocycles. The molecule has 0 aromatic carbocycles. The van der Waals surface area contributed by atoms with Crippen LogP contribution in [0, 0.1) is 17.3 Å². The van der Waals surface area contributed by atoms with Crippen LogP contribution in [-0.4, -0.2) is 12.1 Å². The first kappa shape index (κ1) is 13.5. The minimum absolute atomic E-state index is 0.0236. The Labute approximate surface area is 99.8 Å². The summed E-state index contributed by atoms with van der Waals surface area (Å²) in [7, 11) is 0. The largest absolute Gasteiger partial charge is 0.462 e. The van der Waals surface area contributed by atoms with Crippen LogP contribution in [0.3, 0.4) is 0 Å². The molecule has 1 fully saturated rings. The summed E-state index contributed by atoms with van der Waals surface area (Å²) in [6.45, 7) is 11.1. The number of carbonyl (C=O) groups is 1. The van der Waals surface area contributed by atoms with Crippen molar-refractivity contribution in [3.05, 3.63) is 0 Å². The second kappa shape index (κ2) is 5.20. The predicted molar refractivity (Wildman–Crippen MR) is 66.1 cm³/mol. The van der Waals surface area contributed by atoms with Crippen molar-refractivity contribution in [1.29, 1.82) is 0 Å². The van der Waals surface area contributed by atoms with E-state index in [4.69, 9.17) is 4.74 Å². The molecule has 0 aromatic heterocycles. The summed E-state index contributed by atoms with van der Waals surface area (Å²) >= 11 is 0. The van der Waals surface area contributed by atoms with Gasteiger partial charge in [0, 0.05) is 0 Å². The average Bonchev–Trinajstić information content (AvgIpc) is 2.38. The zero-order chi connectivity index (χ0) is 12.3. The smallest absolute Gasteiger partial charge is 0.309 e. The summed E-state index contributed by atoms with van der Waals surface area (Å²) in [6.07, 6.45) is 4.42. The van der Waals surface area contributed by atoms with E-state index >= 15 is 0 Å². The molecule has 0 saturated carbocycles. The first-order valence-corrected chi connectivity index (χ1v) is 6.48. The Bertz CT molecular complexity index is 240. The van der Waals surface area contributed by atoms with Crippen LogP contribution in [0.15, 0.2) is 0 Å². The highest BCUT2D eigenvalue weighted by atomic mass is 16.5. The Morgan fingerprint density at radius 3 is 2.50 bits per heavy atom. The number of ether oxygens (including phenoxy) is 1. The van der Waals surface area contributed by atoms with Crippen LogP contribution in [-0.2, 0) is 9.53 Å². The van der Waals surface area contributed by atoms with Gasteiger partial charge in [-0.15, -0.1) is 0 Å². The zero-order valence-electron chi connectivity index (χ0n) is 11.4. The van der Waals surface area contributed by atoms with Crippen LogP contribution in [0.25, 0.3) is 0 Å². The van der Waals surface area contributed by atoms with Gasteiger partial charge in [0.1, 0.15) is 0 Å². The molecule has 94 valence electrons. The quantitative estimate of drug-likeness (QED) is 0.682. The maximum atomic E-state index is 11.5. The van der Waals surface area contributed by atoms with E-state index in [9.17, 15) is 4.79 Å². The van der Waals surface area contributed by atoms with Crippen molar-refractivity contribution in [2.75, 3.05) is 0 Å². The second-order valence-corrected chi connectivity index (χ2v) is 6.63. The van der Waals surface area contributed by atoms with Crippen molar-refractivity contribution in [1.82, 2.24) is 0 Å². The molecule has 0 radical (unpaired) electrons. The highest BCUT2D eigenvalue weighted by molar-refractivity contribution is 5.74. The van der Waals surface area contributed by atoms with Gasteiger partial charge in [-0.2, -0.15) is 0 Å². The van der Waals surface area contributed by atoms with E-state index in [2.05, 4.69) is 27.7 Å². The molecule has 0 aliphatic carbocycles. The average molecular weight is 226 g/mol. The fourth-order valence-corrected chi connectivity index (χ4v) is 2.71. The topological polar surface area (TPSA) is 26.3 Å². The van der Waals surface area contributed by atoms with Gasteiger partial charge in [0.15, 0.2) is 0 Å². The Morgan fingerprint density at radius 2 is 2.06 bits per heavy atom. The predicted octanol–water partition coefficient (Wildman–Crippen LogP) is 3.79. The van der Waals surface area contributed by atoms with Crippen LogP contribution in [0.4, 0.5) is 0 Å². The van der Waals surface area contributed by atoms with Crippen LogP contribution in [0.1, 0.15) is 60.3 Å². The van der Waals surface area contributed by atoms with Crippen molar-refractivity contribution in [2.24, 2.45) is 17.3 Å². The number of rotatable bonds is 4. The van der Waals surface area contributed by atoms with Crippen molar-refractivity contribution in [2.45, 2.75) is 66.4 Å². The highest BCUT2D eigenvalue weighted by Gasteiger charge is 2.31. The van der Waals surface area contributed by atoms with Crippen LogP contribution in [0.5, 0.6) is 0 Å². The molecule has 3 atom stereocenters. The summed E-state index contributed by atoms with van der Waals surface area (Å²) in [5.41, 5.74) is 0.392. The molecular formula is C14H26O2. The number of hydrogen-bond donors (Lipinski definition) is 0. The molecule has 0 N–H and O–H groups in total. The Balaban J connectivity index is 2.27. The van der Waals surface area contributed by atoms with Gasteiger partial charge in [0.2, 0.25) is 0 Å². The van der Waals surface area contributed by atoms with Gasteiger partial charge < -0.3 is 4.74 Å².